The first-order valence-corrected chi connectivity index (χ1v) is 12.0. The Morgan fingerprint density at radius 2 is 1.83 bits per heavy atom. The summed E-state index contributed by atoms with van der Waals surface area (Å²) in [5, 5.41) is 1.76. The molecule has 2 heterocycles. The highest BCUT2D eigenvalue weighted by Crippen LogP contribution is 2.35. The van der Waals surface area contributed by atoms with Crippen molar-refractivity contribution in [3.8, 4) is 0 Å². The lowest BCUT2D eigenvalue weighted by atomic mass is 10.2. The van der Waals surface area contributed by atoms with E-state index in [1.165, 1.54) is 10.5 Å². The van der Waals surface area contributed by atoms with Crippen molar-refractivity contribution >= 4 is 56.0 Å². The zero-order chi connectivity index (χ0) is 20.4. The number of benzene rings is 2. The minimum Gasteiger partial charge on any atom is -0.345 e. The van der Waals surface area contributed by atoms with E-state index in [1.807, 2.05) is 17.0 Å². The second-order valence-corrected chi connectivity index (χ2v) is 9.87. The highest BCUT2D eigenvalue weighted by molar-refractivity contribution is 7.99. The average Bonchev–Trinajstić information content (AvgIpc) is 3.19. The Morgan fingerprint density at radius 1 is 1.10 bits per heavy atom. The van der Waals surface area contributed by atoms with Crippen molar-refractivity contribution < 1.29 is 4.79 Å². The van der Waals surface area contributed by atoms with Crippen LogP contribution in [0.3, 0.4) is 0 Å². The van der Waals surface area contributed by atoms with E-state index in [0.717, 1.165) is 57.9 Å². The summed E-state index contributed by atoms with van der Waals surface area (Å²) in [7, 11) is 0. The minimum atomic E-state index is 0.243. The Morgan fingerprint density at radius 3 is 2.52 bits per heavy atom. The lowest BCUT2D eigenvalue weighted by Crippen LogP contribution is -2.48. The lowest BCUT2D eigenvalue weighted by Gasteiger charge is -2.34. The molecule has 0 unspecified atom stereocenters. The number of piperazine rings is 1. The average molecular weight is 446 g/mol. The van der Waals surface area contributed by atoms with Crippen LogP contribution in [0.5, 0.6) is 0 Å². The van der Waals surface area contributed by atoms with Crippen molar-refractivity contribution in [1.29, 1.82) is 0 Å². The molecule has 3 aromatic rings. The molecule has 152 valence electrons. The molecule has 29 heavy (non-hydrogen) atoms. The van der Waals surface area contributed by atoms with E-state index in [1.54, 1.807) is 23.1 Å². The number of fused-ring (bicyclic) bond motifs is 1. The first-order valence-electron chi connectivity index (χ1n) is 9.79. The third-order valence-corrected chi connectivity index (χ3v) is 7.78. The summed E-state index contributed by atoms with van der Waals surface area (Å²) in [6.45, 7) is 7.27. The fourth-order valence-corrected chi connectivity index (χ4v) is 5.63. The molecule has 1 amide bonds. The van der Waals surface area contributed by atoms with Gasteiger partial charge in [-0.25, -0.2) is 4.98 Å². The zero-order valence-corrected chi connectivity index (χ0v) is 19.0. The van der Waals surface area contributed by atoms with Gasteiger partial charge in [-0.3, -0.25) is 4.79 Å². The SMILES string of the molecule is Cc1ccc(SCCC(=O)N2CCN(c3nc4c(C)ccc(Cl)c4s3)CC2)cc1. The minimum absolute atomic E-state index is 0.243. The quantitative estimate of drug-likeness (QED) is 0.493. The molecule has 4 nitrogen and oxygen atoms in total. The third-order valence-electron chi connectivity index (χ3n) is 5.19. The number of carbonyl (C=O) groups excluding carboxylic acids is 1. The molecule has 0 saturated carbocycles. The van der Waals surface area contributed by atoms with Crippen LogP contribution in [0.4, 0.5) is 5.13 Å². The molecule has 4 rings (SSSR count). The number of hydrogen-bond acceptors (Lipinski definition) is 5. The van der Waals surface area contributed by atoms with E-state index in [4.69, 9.17) is 16.6 Å². The first-order chi connectivity index (χ1) is 14.0. The van der Waals surface area contributed by atoms with Crippen LogP contribution in [0.1, 0.15) is 17.5 Å². The van der Waals surface area contributed by atoms with Crippen LogP contribution >= 0.6 is 34.7 Å². The highest BCUT2D eigenvalue weighted by Gasteiger charge is 2.23. The molecular formula is C22H24ClN3OS2. The van der Waals surface area contributed by atoms with Crippen molar-refractivity contribution in [2.45, 2.75) is 25.2 Å². The number of hydrogen-bond donors (Lipinski definition) is 0. The smallest absolute Gasteiger partial charge is 0.223 e. The summed E-state index contributed by atoms with van der Waals surface area (Å²) >= 11 is 9.73. The maximum absolute atomic E-state index is 12.6. The highest BCUT2D eigenvalue weighted by atomic mass is 35.5. The number of rotatable bonds is 5. The van der Waals surface area contributed by atoms with E-state index >= 15 is 0 Å². The first kappa shape index (κ1) is 20.5. The summed E-state index contributed by atoms with van der Waals surface area (Å²) in [6, 6.07) is 12.4. The van der Waals surface area contributed by atoms with Gasteiger partial charge in [-0.1, -0.05) is 46.7 Å². The van der Waals surface area contributed by atoms with Gasteiger partial charge in [0, 0.05) is 43.2 Å². The summed E-state index contributed by atoms with van der Waals surface area (Å²) in [5.74, 6) is 1.06. The number of aromatic nitrogens is 1. The third kappa shape index (κ3) is 4.71. The predicted molar refractivity (Wildman–Crippen MR) is 125 cm³/mol. The number of thiazole rings is 1. The summed E-state index contributed by atoms with van der Waals surface area (Å²) in [4.78, 5) is 22.9. The molecule has 1 fully saturated rings. The number of carbonyl (C=O) groups is 1. The van der Waals surface area contributed by atoms with E-state index in [2.05, 4.69) is 43.0 Å². The second kappa shape index (κ2) is 8.94. The van der Waals surface area contributed by atoms with E-state index < -0.39 is 0 Å². The van der Waals surface area contributed by atoms with Crippen molar-refractivity contribution in [3.05, 3.63) is 52.5 Å². The van der Waals surface area contributed by atoms with Crippen molar-refractivity contribution in [2.75, 3.05) is 36.8 Å². The van der Waals surface area contributed by atoms with Gasteiger partial charge in [0.2, 0.25) is 5.91 Å². The molecule has 0 bridgehead atoms. The van der Waals surface area contributed by atoms with Gasteiger partial charge < -0.3 is 9.80 Å². The van der Waals surface area contributed by atoms with Gasteiger partial charge in [-0.2, -0.15) is 0 Å². The van der Waals surface area contributed by atoms with Gasteiger partial charge in [-0.15, -0.1) is 11.8 Å². The van der Waals surface area contributed by atoms with Gasteiger partial charge in [0.25, 0.3) is 0 Å². The van der Waals surface area contributed by atoms with E-state index in [9.17, 15) is 4.79 Å². The van der Waals surface area contributed by atoms with Crippen molar-refractivity contribution in [3.63, 3.8) is 0 Å². The Bertz CT molecular complexity index is 972. The molecule has 1 aromatic heterocycles. The van der Waals surface area contributed by atoms with Crippen molar-refractivity contribution in [2.24, 2.45) is 0 Å². The zero-order valence-electron chi connectivity index (χ0n) is 16.7. The molecule has 0 radical (unpaired) electrons. The van der Waals surface area contributed by atoms with Crippen LogP contribution in [-0.4, -0.2) is 47.7 Å². The summed E-state index contributed by atoms with van der Waals surface area (Å²) < 4.78 is 1.05. The molecule has 2 aromatic carbocycles. The summed E-state index contributed by atoms with van der Waals surface area (Å²) in [5.41, 5.74) is 3.39. The standard InChI is InChI=1S/C22H24ClN3OS2/c1-15-3-6-17(7-4-15)28-14-9-19(27)25-10-12-26(13-11-25)22-24-20-16(2)5-8-18(23)21(20)29-22/h3-8H,9-14H2,1-2H3. The monoisotopic (exact) mass is 445 g/mol. The van der Waals surface area contributed by atoms with Crippen LogP contribution in [0, 0.1) is 13.8 Å². The predicted octanol–water partition coefficient (Wildman–Crippen LogP) is 5.40. The topological polar surface area (TPSA) is 36.4 Å². The Hall–Kier alpha value is -1.76. The van der Waals surface area contributed by atoms with Crippen molar-refractivity contribution in [1.82, 2.24) is 9.88 Å². The largest absolute Gasteiger partial charge is 0.345 e. The maximum atomic E-state index is 12.6. The normalized spacial score (nSPS) is 14.6. The molecule has 0 N–H and O–H groups in total. The van der Waals surface area contributed by atoms with Crippen LogP contribution < -0.4 is 4.90 Å². The van der Waals surface area contributed by atoms with Gasteiger partial charge in [0.1, 0.15) is 0 Å². The number of aryl methyl sites for hydroxylation is 2. The van der Waals surface area contributed by atoms with Crippen LogP contribution in [0.15, 0.2) is 41.3 Å². The van der Waals surface area contributed by atoms with Crippen LogP contribution in [-0.2, 0) is 4.79 Å². The lowest BCUT2D eigenvalue weighted by molar-refractivity contribution is -0.131. The Balaban J connectivity index is 1.30. The second-order valence-electron chi connectivity index (χ2n) is 7.32. The number of amides is 1. The van der Waals surface area contributed by atoms with Crippen LogP contribution in [0.25, 0.3) is 10.2 Å². The molecule has 1 saturated heterocycles. The van der Waals surface area contributed by atoms with Gasteiger partial charge >= 0.3 is 0 Å². The number of thioether (sulfide) groups is 1. The number of nitrogens with zero attached hydrogens (tertiary/aromatic N) is 3. The van der Waals surface area contributed by atoms with Crippen LogP contribution in [0.2, 0.25) is 5.02 Å². The molecular weight excluding hydrogens is 422 g/mol. The number of halogens is 1. The fourth-order valence-electron chi connectivity index (χ4n) is 3.42. The van der Waals surface area contributed by atoms with Gasteiger partial charge in [-0.05, 0) is 37.6 Å². The summed E-state index contributed by atoms with van der Waals surface area (Å²) in [6.07, 6.45) is 0.578. The Labute approximate surface area is 184 Å². The van der Waals surface area contributed by atoms with E-state index in [-0.39, 0.29) is 5.91 Å². The fraction of sp³-hybridized carbons (Fsp3) is 0.364. The molecule has 1 aliphatic heterocycles. The molecule has 0 aliphatic carbocycles. The van der Waals surface area contributed by atoms with Gasteiger partial charge in [0.05, 0.1) is 15.2 Å². The Kier molecular flexibility index (Phi) is 6.32. The molecule has 0 spiro atoms. The maximum Gasteiger partial charge on any atom is 0.223 e. The van der Waals surface area contributed by atoms with Gasteiger partial charge in [0.15, 0.2) is 5.13 Å². The molecule has 1 aliphatic rings. The number of anilines is 1. The molecule has 0 atom stereocenters. The molecule has 7 heteroatoms. The van der Waals surface area contributed by atoms with E-state index in [0.29, 0.717) is 6.42 Å².